The molecule has 4 rings (SSSR count). The molecule has 0 saturated carbocycles. The van der Waals surface area contributed by atoms with Crippen molar-refractivity contribution in [2.75, 3.05) is 63.8 Å². The summed E-state index contributed by atoms with van der Waals surface area (Å²) < 4.78 is 48.0. The van der Waals surface area contributed by atoms with Crippen molar-refractivity contribution in [1.29, 1.82) is 0 Å². The third-order valence-electron chi connectivity index (χ3n) is 7.01. The number of carbonyl (C=O) groups excluding carboxylic acids is 2. The van der Waals surface area contributed by atoms with Gasteiger partial charge in [0.05, 0.1) is 42.8 Å². The molecule has 43 heavy (non-hydrogen) atoms. The molecule has 3 aromatic rings. The Hall–Kier alpha value is -4.64. The van der Waals surface area contributed by atoms with Crippen LogP contribution >= 0.6 is 0 Å². The minimum absolute atomic E-state index is 0.0235. The Balaban J connectivity index is 1.69. The van der Waals surface area contributed by atoms with Gasteiger partial charge in [-0.25, -0.2) is 9.78 Å². The highest BCUT2D eigenvalue weighted by atomic mass is 19.4. The minimum atomic E-state index is -4.53. The first-order chi connectivity index (χ1) is 20.5. The van der Waals surface area contributed by atoms with Crippen molar-refractivity contribution in [2.45, 2.75) is 31.5 Å². The molecule has 0 unspecified atom stereocenters. The minimum Gasteiger partial charge on any atom is -0.495 e. The van der Waals surface area contributed by atoms with E-state index in [1.807, 2.05) is 7.05 Å². The van der Waals surface area contributed by atoms with Gasteiger partial charge >= 0.3 is 12.2 Å². The highest BCUT2D eigenvalue weighted by molar-refractivity contribution is 5.95. The topological polar surface area (TPSA) is 124 Å². The molecule has 0 bridgehead atoms. The Morgan fingerprint density at radius 3 is 2.51 bits per heavy atom. The van der Waals surface area contributed by atoms with Crippen LogP contribution in [-0.2, 0) is 6.42 Å². The number of pyridine rings is 1. The first kappa shape index (κ1) is 31.3. The fraction of sp³-hybridized carbons (Fsp3) is 0.414. The van der Waals surface area contributed by atoms with Crippen LogP contribution in [0.15, 0.2) is 30.5 Å². The number of urea groups is 1. The van der Waals surface area contributed by atoms with E-state index >= 15 is 0 Å². The molecule has 0 aliphatic carbocycles. The lowest BCUT2D eigenvalue weighted by atomic mass is 10.1. The average Bonchev–Trinajstić information content (AvgIpc) is 3.31. The van der Waals surface area contributed by atoms with Gasteiger partial charge in [-0.05, 0) is 63.2 Å². The molecule has 1 saturated heterocycles. The number of aromatic nitrogens is 2. The molecule has 14 heteroatoms. The summed E-state index contributed by atoms with van der Waals surface area (Å²) in [4.78, 5) is 30.7. The lowest BCUT2D eigenvalue weighted by molar-refractivity contribution is -0.128. The number of hydrogen-bond acceptors (Lipinski definition) is 7. The van der Waals surface area contributed by atoms with Crippen LogP contribution in [0.25, 0.3) is 5.65 Å². The number of benzene rings is 1. The molecular weight excluding hydrogens is 565 g/mol. The van der Waals surface area contributed by atoms with Gasteiger partial charge in [0.15, 0.2) is 5.65 Å². The van der Waals surface area contributed by atoms with Crippen LogP contribution < -0.4 is 31.3 Å². The van der Waals surface area contributed by atoms with E-state index in [1.54, 1.807) is 24.3 Å². The number of piperidine rings is 1. The number of hydrogen-bond donors (Lipinski definition) is 5. The number of anilines is 3. The number of methoxy groups -OCH3 is 1. The van der Waals surface area contributed by atoms with Crippen LogP contribution in [-0.4, -0.2) is 86.3 Å². The normalized spacial score (nSPS) is 14.0. The first-order valence-electron chi connectivity index (χ1n) is 13.7. The maximum atomic E-state index is 13.8. The molecule has 3 heterocycles. The number of nitrogens with one attached hydrogen (secondary N) is 5. The highest BCUT2D eigenvalue weighted by Gasteiger charge is 2.32. The molecule has 1 aromatic carbocycles. The lowest BCUT2D eigenvalue weighted by Gasteiger charge is -2.30. The molecule has 0 atom stereocenters. The van der Waals surface area contributed by atoms with Crippen LogP contribution in [0, 0.1) is 11.8 Å². The Morgan fingerprint density at radius 2 is 1.86 bits per heavy atom. The van der Waals surface area contributed by atoms with Crippen LogP contribution in [0.5, 0.6) is 5.75 Å². The van der Waals surface area contributed by atoms with Gasteiger partial charge in [0.2, 0.25) is 0 Å². The number of halogens is 3. The van der Waals surface area contributed by atoms with E-state index in [0.29, 0.717) is 28.4 Å². The lowest BCUT2D eigenvalue weighted by Crippen LogP contribution is -2.36. The summed E-state index contributed by atoms with van der Waals surface area (Å²) in [7, 11) is 6.47. The van der Waals surface area contributed by atoms with Gasteiger partial charge in [-0.3, -0.25) is 9.20 Å². The predicted octanol–water partition coefficient (Wildman–Crippen LogP) is 3.53. The van der Waals surface area contributed by atoms with E-state index in [4.69, 9.17) is 4.74 Å². The van der Waals surface area contributed by atoms with Crippen molar-refractivity contribution in [2.24, 2.45) is 0 Å². The molecule has 1 aliphatic rings. The molecule has 0 radical (unpaired) electrons. The summed E-state index contributed by atoms with van der Waals surface area (Å²) in [5.41, 5.74) is 1.89. The zero-order valence-electron chi connectivity index (χ0n) is 24.4. The second-order valence-electron chi connectivity index (χ2n) is 10.1. The quantitative estimate of drug-likeness (QED) is 0.251. The molecule has 230 valence electrons. The van der Waals surface area contributed by atoms with E-state index in [1.165, 1.54) is 31.8 Å². The summed E-state index contributed by atoms with van der Waals surface area (Å²) in [6.45, 7) is 1.82. The Bertz CT molecular complexity index is 1540. The van der Waals surface area contributed by atoms with Crippen LogP contribution in [0.3, 0.4) is 0 Å². The van der Waals surface area contributed by atoms with Crippen molar-refractivity contribution in [1.82, 2.24) is 24.9 Å². The van der Waals surface area contributed by atoms with Crippen LogP contribution in [0.2, 0.25) is 0 Å². The standard InChI is InChI=1S/C29H35F3N8O3/c1-33-27(41)18-7-8-22(25(14-18)43-4)35-11-5-6-21-24(16-29(30,31)32)40-17-20(37-28(42)34-2)15-23(26(40)38-21)36-19-9-12-39(3)13-10-19/h7-8,14-15,17,19,35-36H,9-13,16H2,1-4H3,(H,33,41)(H2,34,37,42). The highest BCUT2D eigenvalue weighted by Crippen LogP contribution is 2.30. The SMILES string of the molecule is CNC(=O)Nc1cc(NC2CCN(C)CC2)c2nc(C#CCNc3ccc(C(=O)NC)cc3OC)c(CC(F)(F)F)n2c1. The van der Waals surface area contributed by atoms with Gasteiger partial charge in [-0.15, -0.1) is 0 Å². The second-order valence-corrected chi connectivity index (χ2v) is 10.1. The second kappa shape index (κ2) is 13.6. The number of imidazole rings is 1. The maximum Gasteiger partial charge on any atom is 0.394 e. The van der Waals surface area contributed by atoms with Gasteiger partial charge in [0.1, 0.15) is 11.4 Å². The fourth-order valence-electron chi connectivity index (χ4n) is 4.78. The van der Waals surface area contributed by atoms with Gasteiger partial charge < -0.3 is 36.2 Å². The zero-order valence-corrected chi connectivity index (χ0v) is 24.4. The maximum absolute atomic E-state index is 13.8. The van der Waals surface area contributed by atoms with E-state index in [0.717, 1.165) is 25.9 Å². The fourth-order valence-corrected chi connectivity index (χ4v) is 4.78. The third-order valence-corrected chi connectivity index (χ3v) is 7.01. The summed E-state index contributed by atoms with van der Waals surface area (Å²) in [5, 5.41) is 14.1. The smallest absolute Gasteiger partial charge is 0.394 e. The largest absolute Gasteiger partial charge is 0.495 e. The number of nitrogens with zero attached hydrogens (tertiary/aromatic N) is 3. The molecule has 3 amide bonds. The number of rotatable bonds is 8. The summed E-state index contributed by atoms with van der Waals surface area (Å²) in [5.74, 6) is 5.79. The number of likely N-dealkylation sites (tertiary alicyclic amines) is 1. The van der Waals surface area contributed by atoms with E-state index in [2.05, 4.69) is 48.3 Å². The number of alkyl halides is 3. The Kier molecular flexibility index (Phi) is 9.87. The van der Waals surface area contributed by atoms with E-state index in [-0.39, 0.29) is 35.5 Å². The van der Waals surface area contributed by atoms with Crippen molar-refractivity contribution in [3.8, 4) is 17.6 Å². The van der Waals surface area contributed by atoms with Crippen molar-refractivity contribution in [3.05, 3.63) is 47.4 Å². The molecule has 1 aliphatic heterocycles. The molecule has 11 nitrogen and oxygen atoms in total. The van der Waals surface area contributed by atoms with Crippen molar-refractivity contribution in [3.63, 3.8) is 0 Å². The molecule has 5 N–H and O–H groups in total. The Labute approximate surface area is 247 Å². The van der Waals surface area contributed by atoms with Crippen LogP contribution in [0.1, 0.15) is 34.6 Å². The van der Waals surface area contributed by atoms with E-state index < -0.39 is 18.6 Å². The summed E-state index contributed by atoms with van der Waals surface area (Å²) in [6.07, 6.45) is -2.69. The van der Waals surface area contributed by atoms with Crippen LogP contribution in [0.4, 0.5) is 35.0 Å². The van der Waals surface area contributed by atoms with Crippen molar-refractivity contribution >= 4 is 34.6 Å². The van der Waals surface area contributed by atoms with E-state index in [9.17, 15) is 22.8 Å². The number of amides is 3. The monoisotopic (exact) mass is 600 g/mol. The Morgan fingerprint density at radius 1 is 1.12 bits per heavy atom. The molecule has 2 aromatic heterocycles. The number of fused-ring (bicyclic) bond motifs is 1. The molecule has 0 spiro atoms. The molecule has 1 fully saturated rings. The first-order valence-corrected chi connectivity index (χ1v) is 13.7. The van der Waals surface area contributed by atoms with Crippen molar-refractivity contribution < 1.29 is 27.5 Å². The number of ether oxygens (including phenoxy) is 1. The third kappa shape index (κ3) is 8.01. The van der Waals surface area contributed by atoms with Gasteiger partial charge in [0.25, 0.3) is 5.91 Å². The van der Waals surface area contributed by atoms with Gasteiger partial charge in [0, 0.05) is 31.9 Å². The predicted molar refractivity (Wildman–Crippen MR) is 159 cm³/mol. The zero-order chi connectivity index (χ0) is 31.1. The summed E-state index contributed by atoms with van der Waals surface area (Å²) in [6, 6.07) is 6.09. The average molecular weight is 601 g/mol. The summed E-state index contributed by atoms with van der Waals surface area (Å²) >= 11 is 0. The number of carbonyl (C=O) groups is 2. The molecular formula is C29H35F3N8O3. The van der Waals surface area contributed by atoms with Gasteiger partial charge in [-0.2, -0.15) is 13.2 Å². The van der Waals surface area contributed by atoms with Gasteiger partial charge in [-0.1, -0.05) is 5.92 Å².